The van der Waals surface area contributed by atoms with E-state index >= 15 is 0 Å². The normalized spacial score (nSPS) is 26.9. The summed E-state index contributed by atoms with van der Waals surface area (Å²) in [4.78, 5) is 11.7. The summed E-state index contributed by atoms with van der Waals surface area (Å²) < 4.78 is 0. The molecule has 0 amide bonds. The van der Waals surface area contributed by atoms with Gasteiger partial charge in [0.2, 0.25) is 5.95 Å². The minimum absolute atomic E-state index is 0.734. The Morgan fingerprint density at radius 2 is 1.95 bits per heavy atom. The van der Waals surface area contributed by atoms with Crippen molar-refractivity contribution in [3.63, 3.8) is 0 Å². The molecule has 2 aliphatic rings. The van der Waals surface area contributed by atoms with Gasteiger partial charge in [-0.1, -0.05) is 13.8 Å². The highest BCUT2D eigenvalue weighted by atomic mass is 15.3. The Morgan fingerprint density at radius 3 is 2.55 bits per heavy atom. The number of nitrogens with one attached hydrogen (secondary N) is 1. The Balaban J connectivity index is 1.68. The fourth-order valence-electron chi connectivity index (χ4n) is 3.17. The van der Waals surface area contributed by atoms with Crippen LogP contribution in [0, 0.1) is 18.8 Å². The topological polar surface area (TPSA) is 41.1 Å². The van der Waals surface area contributed by atoms with Gasteiger partial charge >= 0.3 is 0 Å². The second-order valence-corrected chi connectivity index (χ2v) is 6.79. The molecule has 110 valence electrons. The van der Waals surface area contributed by atoms with Crippen molar-refractivity contribution in [1.82, 2.24) is 15.3 Å². The van der Waals surface area contributed by atoms with Crippen molar-refractivity contribution in [3.8, 4) is 0 Å². The molecule has 1 saturated heterocycles. The Kier molecular flexibility index (Phi) is 3.92. The third kappa shape index (κ3) is 3.29. The Morgan fingerprint density at radius 1 is 1.25 bits per heavy atom. The maximum absolute atomic E-state index is 4.74. The van der Waals surface area contributed by atoms with Crippen molar-refractivity contribution in [1.29, 1.82) is 0 Å². The predicted molar refractivity (Wildman–Crippen MR) is 81.8 cm³/mol. The van der Waals surface area contributed by atoms with Crippen molar-refractivity contribution in [2.24, 2.45) is 11.8 Å². The average molecular weight is 274 g/mol. The molecule has 0 aromatic carbocycles. The van der Waals surface area contributed by atoms with Crippen LogP contribution in [0.5, 0.6) is 0 Å². The van der Waals surface area contributed by atoms with Crippen LogP contribution in [0.3, 0.4) is 0 Å². The lowest BCUT2D eigenvalue weighted by atomic mass is 9.92. The molecule has 1 N–H and O–H groups in total. The van der Waals surface area contributed by atoms with Gasteiger partial charge in [0.25, 0.3) is 0 Å². The summed E-state index contributed by atoms with van der Waals surface area (Å²) in [5.41, 5.74) is 2.35. The summed E-state index contributed by atoms with van der Waals surface area (Å²) in [5.74, 6) is 2.38. The molecule has 1 aliphatic carbocycles. The minimum atomic E-state index is 0.734. The van der Waals surface area contributed by atoms with E-state index in [0.29, 0.717) is 0 Å². The molecule has 3 rings (SSSR count). The fourth-order valence-corrected chi connectivity index (χ4v) is 3.17. The molecule has 20 heavy (non-hydrogen) atoms. The highest BCUT2D eigenvalue weighted by Gasteiger charge is 2.24. The lowest BCUT2D eigenvalue weighted by Gasteiger charge is -2.35. The van der Waals surface area contributed by atoms with Gasteiger partial charge in [0.1, 0.15) is 0 Å². The number of hydrogen-bond acceptors (Lipinski definition) is 4. The molecule has 2 unspecified atom stereocenters. The standard InChI is InChI=1S/C16H26N4/c1-11-6-12(2)10-20(9-11)16-18-8-14(13(3)19-16)7-17-15-4-5-15/h8,11-12,15,17H,4-7,9-10H2,1-3H3. The van der Waals surface area contributed by atoms with Crippen molar-refractivity contribution in [2.75, 3.05) is 18.0 Å². The summed E-state index contributed by atoms with van der Waals surface area (Å²) in [5, 5.41) is 3.53. The third-order valence-electron chi connectivity index (χ3n) is 4.38. The van der Waals surface area contributed by atoms with E-state index in [1.807, 2.05) is 6.20 Å². The minimum Gasteiger partial charge on any atom is -0.340 e. The molecule has 1 aromatic heterocycles. The van der Waals surface area contributed by atoms with E-state index in [0.717, 1.165) is 49.2 Å². The van der Waals surface area contributed by atoms with Gasteiger partial charge in [-0.15, -0.1) is 0 Å². The molecular formula is C16H26N4. The van der Waals surface area contributed by atoms with Gasteiger partial charge in [-0.2, -0.15) is 0 Å². The molecule has 0 radical (unpaired) electrons. The van der Waals surface area contributed by atoms with Gasteiger partial charge in [0.05, 0.1) is 0 Å². The smallest absolute Gasteiger partial charge is 0.225 e. The van der Waals surface area contributed by atoms with E-state index in [2.05, 4.69) is 36.0 Å². The predicted octanol–water partition coefficient (Wildman–Crippen LogP) is 2.52. The Bertz CT molecular complexity index is 460. The zero-order chi connectivity index (χ0) is 14.1. The van der Waals surface area contributed by atoms with Crippen LogP contribution >= 0.6 is 0 Å². The quantitative estimate of drug-likeness (QED) is 0.916. The van der Waals surface area contributed by atoms with Gasteiger partial charge in [0.15, 0.2) is 0 Å². The van der Waals surface area contributed by atoms with Crippen LogP contribution in [0.25, 0.3) is 0 Å². The molecule has 0 bridgehead atoms. The van der Waals surface area contributed by atoms with Crippen molar-refractivity contribution >= 4 is 5.95 Å². The van der Waals surface area contributed by atoms with Crippen LogP contribution in [0.15, 0.2) is 6.20 Å². The third-order valence-corrected chi connectivity index (χ3v) is 4.38. The zero-order valence-corrected chi connectivity index (χ0v) is 12.9. The van der Waals surface area contributed by atoms with Crippen molar-refractivity contribution in [3.05, 3.63) is 17.5 Å². The van der Waals surface area contributed by atoms with E-state index in [4.69, 9.17) is 4.98 Å². The summed E-state index contributed by atoms with van der Waals surface area (Å²) in [7, 11) is 0. The SMILES string of the molecule is Cc1nc(N2CC(C)CC(C)C2)ncc1CNC1CC1. The van der Waals surface area contributed by atoms with Gasteiger partial charge in [-0.05, 0) is 38.0 Å². The summed E-state index contributed by atoms with van der Waals surface area (Å²) in [6.45, 7) is 9.83. The number of rotatable bonds is 4. The van der Waals surface area contributed by atoms with Crippen LogP contribution in [0.2, 0.25) is 0 Å². The van der Waals surface area contributed by atoms with E-state index in [1.165, 1.54) is 24.8 Å². The molecule has 1 aliphatic heterocycles. The monoisotopic (exact) mass is 274 g/mol. The molecule has 1 saturated carbocycles. The number of aryl methyl sites for hydroxylation is 1. The second kappa shape index (κ2) is 5.68. The molecule has 0 spiro atoms. The fraction of sp³-hybridized carbons (Fsp3) is 0.750. The zero-order valence-electron chi connectivity index (χ0n) is 12.9. The van der Waals surface area contributed by atoms with Crippen LogP contribution in [-0.4, -0.2) is 29.1 Å². The summed E-state index contributed by atoms with van der Waals surface area (Å²) >= 11 is 0. The highest BCUT2D eigenvalue weighted by Crippen LogP contribution is 2.24. The number of aromatic nitrogens is 2. The number of piperidine rings is 1. The molecule has 4 nitrogen and oxygen atoms in total. The highest BCUT2D eigenvalue weighted by molar-refractivity contribution is 5.33. The maximum atomic E-state index is 4.74. The number of hydrogen-bond donors (Lipinski definition) is 1. The van der Waals surface area contributed by atoms with Crippen LogP contribution in [-0.2, 0) is 6.54 Å². The van der Waals surface area contributed by atoms with Gasteiger partial charge < -0.3 is 10.2 Å². The van der Waals surface area contributed by atoms with Gasteiger partial charge in [0, 0.05) is 43.1 Å². The van der Waals surface area contributed by atoms with Crippen molar-refractivity contribution < 1.29 is 0 Å². The molecule has 1 aromatic rings. The van der Waals surface area contributed by atoms with E-state index in [9.17, 15) is 0 Å². The first-order valence-electron chi connectivity index (χ1n) is 7.92. The summed E-state index contributed by atoms with van der Waals surface area (Å²) in [6.07, 6.45) is 5.97. The molecule has 2 heterocycles. The summed E-state index contributed by atoms with van der Waals surface area (Å²) in [6, 6.07) is 0.734. The maximum Gasteiger partial charge on any atom is 0.225 e. The molecular weight excluding hydrogens is 248 g/mol. The number of nitrogens with zero attached hydrogens (tertiary/aromatic N) is 3. The Hall–Kier alpha value is -1.16. The lowest BCUT2D eigenvalue weighted by Crippen LogP contribution is -2.39. The molecule has 2 atom stereocenters. The molecule has 2 fully saturated rings. The first-order valence-corrected chi connectivity index (χ1v) is 7.92. The second-order valence-electron chi connectivity index (χ2n) is 6.79. The van der Waals surface area contributed by atoms with Crippen LogP contribution in [0.1, 0.15) is 44.4 Å². The van der Waals surface area contributed by atoms with E-state index in [1.54, 1.807) is 0 Å². The van der Waals surface area contributed by atoms with Crippen molar-refractivity contribution in [2.45, 2.75) is 52.6 Å². The van der Waals surface area contributed by atoms with Crippen LogP contribution < -0.4 is 10.2 Å². The first-order chi connectivity index (χ1) is 9.61. The lowest BCUT2D eigenvalue weighted by molar-refractivity contribution is 0.353. The number of anilines is 1. The van der Waals surface area contributed by atoms with Gasteiger partial charge in [-0.3, -0.25) is 0 Å². The Labute approximate surface area is 122 Å². The molecule has 4 heteroatoms. The van der Waals surface area contributed by atoms with Gasteiger partial charge in [-0.25, -0.2) is 9.97 Å². The van der Waals surface area contributed by atoms with E-state index < -0.39 is 0 Å². The van der Waals surface area contributed by atoms with E-state index in [-0.39, 0.29) is 0 Å². The largest absolute Gasteiger partial charge is 0.340 e. The van der Waals surface area contributed by atoms with Crippen LogP contribution in [0.4, 0.5) is 5.95 Å². The first kappa shape index (κ1) is 13.8. The average Bonchev–Trinajstić information content (AvgIpc) is 3.20.